The first-order valence-corrected chi connectivity index (χ1v) is 7.11. The van der Waals surface area contributed by atoms with Crippen LogP contribution in [0, 0.1) is 11.6 Å². The predicted molar refractivity (Wildman–Crippen MR) is 74.7 cm³/mol. The summed E-state index contributed by atoms with van der Waals surface area (Å²) in [6.45, 7) is 5.29. The quantitative estimate of drug-likeness (QED) is 0.904. The number of benzene rings is 1. The van der Waals surface area contributed by atoms with Crippen LogP contribution in [0.1, 0.15) is 26.2 Å². The van der Waals surface area contributed by atoms with Gasteiger partial charge in [0.25, 0.3) is 0 Å². The molecule has 2 rings (SSSR count). The fourth-order valence-corrected chi connectivity index (χ4v) is 2.75. The number of nitrogens with zero attached hydrogens (tertiary/aromatic N) is 1. The van der Waals surface area contributed by atoms with Gasteiger partial charge in [0.05, 0.1) is 10.7 Å². The molecule has 1 saturated heterocycles. The zero-order chi connectivity index (χ0) is 13.8. The number of hydrogen-bond acceptors (Lipinski definition) is 2. The van der Waals surface area contributed by atoms with Gasteiger partial charge in [-0.2, -0.15) is 0 Å². The largest absolute Gasteiger partial charge is 0.379 e. The zero-order valence-corrected chi connectivity index (χ0v) is 11.8. The predicted octanol–water partition coefficient (Wildman–Crippen LogP) is 3.90. The van der Waals surface area contributed by atoms with Gasteiger partial charge >= 0.3 is 0 Å². The van der Waals surface area contributed by atoms with Gasteiger partial charge in [-0.05, 0) is 31.9 Å². The summed E-state index contributed by atoms with van der Waals surface area (Å²) in [5.74, 6) is -1.27. The van der Waals surface area contributed by atoms with Crippen molar-refractivity contribution in [1.29, 1.82) is 0 Å². The Balaban J connectivity index is 1.96. The zero-order valence-electron chi connectivity index (χ0n) is 11.1. The molecular weight excluding hydrogens is 270 g/mol. The Morgan fingerprint density at radius 3 is 2.58 bits per heavy atom. The molecule has 5 heteroatoms. The van der Waals surface area contributed by atoms with Crippen LogP contribution in [0.15, 0.2) is 12.1 Å². The average Bonchev–Trinajstić information content (AvgIpc) is 2.36. The van der Waals surface area contributed by atoms with Crippen LogP contribution in [0.25, 0.3) is 0 Å². The number of piperidine rings is 1. The average molecular weight is 289 g/mol. The van der Waals surface area contributed by atoms with E-state index in [4.69, 9.17) is 11.6 Å². The fourth-order valence-electron chi connectivity index (χ4n) is 2.50. The van der Waals surface area contributed by atoms with Gasteiger partial charge in [0.2, 0.25) is 0 Å². The highest BCUT2D eigenvalue weighted by atomic mass is 35.5. The number of nitrogens with one attached hydrogen (secondary N) is 1. The lowest BCUT2D eigenvalue weighted by Gasteiger charge is -2.32. The van der Waals surface area contributed by atoms with Crippen LogP contribution in [-0.4, -0.2) is 30.6 Å². The van der Waals surface area contributed by atoms with Crippen molar-refractivity contribution in [2.75, 3.05) is 25.0 Å². The second kappa shape index (κ2) is 6.53. The lowest BCUT2D eigenvalue weighted by Crippen LogP contribution is -2.39. The topological polar surface area (TPSA) is 15.3 Å². The molecule has 0 radical (unpaired) electrons. The van der Waals surface area contributed by atoms with E-state index in [1.54, 1.807) is 0 Å². The third kappa shape index (κ3) is 3.80. The second-order valence-corrected chi connectivity index (χ2v) is 5.41. The number of hydrogen-bond donors (Lipinski definition) is 1. The highest BCUT2D eigenvalue weighted by Crippen LogP contribution is 2.28. The minimum absolute atomic E-state index is 0.105. The van der Waals surface area contributed by atoms with E-state index in [0.29, 0.717) is 0 Å². The molecule has 1 heterocycles. The molecule has 1 aliphatic heterocycles. The molecule has 1 aliphatic rings. The van der Waals surface area contributed by atoms with Crippen LogP contribution in [0.5, 0.6) is 0 Å². The molecule has 0 aliphatic carbocycles. The van der Waals surface area contributed by atoms with E-state index in [9.17, 15) is 8.78 Å². The first kappa shape index (κ1) is 14.5. The molecule has 0 atom stereocenters. The Morgan fingerprint density at radius 2 is 2.00 bits per heavy atom. The van der Waals surface area contributed by atoms with E-state index in [2.05, 4.69) is 17.1 Å². The molecule has 0 spiro atoms. The molecule has 0 amide bonds. The van der Waals surface area contributed by atoms with E-state index in [1.807, 2.05) is 0 Å². The third-order valence-electron chi connectivity index (χ3n) is 3.48. The molecule has 0 aromatic heterocycles. The number of halogens is 3. The van der Waals surface area contributed by atoms with Crippen molar-refractivity contribution < 1.29 is 8.78 Å². The van der Waals surface area contributed by atoms with Gasteiger partial charge in [0.15, 0.2) is 5.82 Å². The normalized spacial score (nSPS) is 17.7. The summed E-state index contributed by atoms with van der Waals surface area (Å²) in [6, 6.07) is 2.20. The first-order valence-electron chi connectivity index (χ1n) is 6.73. The van der Waals surface area contributed by atoms with Crippen LogP contribution in [-0.2, 0) is 0 Å². The molecule has 1 aromatic rings. The van der Waals surface area contributed by atoms with E-state index in [-0.39, 0.29) is 16.8 Å². The lowest BCUT2D eigenvalue weighted by atomic mass is 10.0. The van der Waals surface area contributed by atoms with Crippen molar-refractivity contribution in [1.82, 2.24) is 4.90 Å². The molecule has 106 valence electrons. The molecule has 1 N–H and O–H groups in total. The van der Waals surface area contributed by atoms with Gasteiger partial charge in [-0.25, -0.2) is 8.78 Å². The molecular formula is C14H19ClF2N2. The van der Waals surface area contributed by atoms with Gasteiger partial charge in [-0.1, -0.05) is 18.5 Å². The van der Waals surface area contributed by atoms with Crippen molar-refractivity contribution in [3.05, 3.63) is 28.8 Å². The molecule has 2 nitrogen and oxygen atoms in total. The fraction of sp³-hybridized carbons (Fsp3) is 0.571. The Bertz CT molecular complexity index is 408. The molecule has 19 heavy (non-hydrogen) atoms. The smallest absolute Gasteiger partial charge is 0.150 e. The molecule has 0 unspecified atom stereocenters. The standard InChI is InChI=1S/C14H19ClF2N2/c1-2-5-19-6-3-11(4-7-19)18-14-12(15)8-10(16)9-13(14)17/h8-9,11,18H,2-7H2,1H3. The van der Waals surface area contributed by atoms with Gasteiger partial charge in [0.1, 0.15) is 5.82 Å². The molecule has 0 bridgehead atoms. The van der Waals surface area contributed by atoms with E-state index >= 15 is 0 Å². The first-order chi connectivity index (χ1) is 9.10. The van der Waals surface area contributed by atoms with Crippen LogP contribution in [0.3, 0.4) is 0 Å². The van der Waals surface area contributed by atoms with Gasteiger partial charge in [-0.3, -0.25) is 0 Å². The molecule has 0 saturated carbocycles. The second-order valence-electron chi connectivity index (χ2n) is 5.00. The summed E-state index contributed by atoms with van der Waals surface area (Å²) in [4.78, 5) is 2.40. The summed E-state index contributed by atoms with van der Waals surface area (Å²) in [7, 11) is 0. The Hall–Kier alpha value is -0.870. The Kier molecular flexibility index (Phi) is 4.99. The number of likely N-dealkylation sites (tertiary alicyclic amines) is 1. The SMILES string of the molecule is CCCN1CCC(Nc2c(F)cc(F)cc2Cl)CC1. The summed E-state index contributed by atoms with van der Waals surface area (Å²) >= 11 is 5.88. The Labute approximate surface area is 117 Å². The van der Waals surface area contributed by atoms with E-state index < -0.39 is 11.6 Å². The molecule has 1 aromatic carbocycles. The van der Waals surface area contributed by atoms with Crippen molar-refractivity contribution >= 4 is 17.3 Å². The van der Waals surface area contributed by atoms with Gasteiger partial charge < -0.3 is 10.2 Å². The van der Waals surface area contributed by atoms with E-state index in [1.165, 1.54) is 0 Å². The summed E-state index contributed by atoms with van der Waals surface area (Å²) in [5, 5.41) is 3.21. The summed E-state index contributed by atoms with van der Waals surface area (Å²) < 4.78 is 26.6. The van der Waals surface area contributed by atoms with Crippen molar-refractivity contribution in [3.63, 3.8) is 0 Å². The van der Waals surface area contributed by atoms with Crippen LogP contribution in [0.2, 0.25) is 5.02 Å². The maximum Gasteiger partial charge on any atom is 0.150 e. The van der Waals surface area contributed by atoms with Gasteiger partial charge in [-0.15, -0.1) is 0 Å². The van der Waals surface area contributed by atoms with Crippen LogP contribution >= 0.6 is 11.6 Å². The maximum absolute atomic E-state index is 13.7. The minimum Gasteiger partial charge on any atom is -0.379 e. The van der Waals surface area contributed by atoms with Crippen LogP contribution in [0.4, 0.5) is 14.5 Å². The van der Waals surface area contributed by atoms with Crippen LogP contribution < -0.4 is 5.32 Å². The van der Waals surface area contributed by atoms with E-state index in [0.717, 1.165) is 51.0 Å². The van der Waals surface area contributed by atoms with Crippen molar-refractivity contribution in [3.8, 4) is 0 Å². The monoisotopic (exact) mass is 288 g/mol. The molecule has 1 fully saturated rings. The highest BCUT2D eigenvalue weighted by molar-refractivity contribution is 6.33. The van der Waals surface area contributed by atoms with Crippen molar-refractivity contribution in [2.24, 2.45) is 0 Å². The summed E-state index contributed by atoms with van der Waals surface area (Å²) in [5.41, 5.74) is 0.219. The number of anilines is 1. The lowest BCUT2D eigenvalue weighted by molar-refractivity contribution is 0.219. The third-order valence-corrected chi connectivity index (χ3v) is 3.78. The highest BCUT2D eigenvalue weighted by Gasteiger charge is 2.20. The minimum atomic E-state index is -0.647. The number of rotatable bonds is 4. The Morgan fingerprint density at radius 1 is 1.32 bits per heavy atom. The van der Waals surface area contributed by atoms with Gasteiger partial charge in [0, 0.05) is 25.2 Å². The maximum atomic E-state index is 13.7. The van der Waals surface area contributed by atoms with Crippen molar-refractivity contribution in [2.45, 2.75) is 32.2 Å². The summed E-state index contributed by atoms with van der Waals surface area (Å²) in [6.07, 6.45) is 3.05.